The molecule has 0 atom stereocenters. The molecule has 0 amide bonds. The third-order valence-corrected chi connectivity index (χ3v) is 6.16. The minimum Gasteiger partial charge on any atom is -0.494 e. The van der Waals surface area contributed by atoms with Crippen molar-refractivity contribution < 1.29 is 4.74 Å². The number of halogens is 1. The average Bonchev–Trinajstić information content (AvgIpc) is 3.06. The highest BCUT2D eigenvalue weighted by atomic mass is 79.9. The Bertz CT molecular complexity index is 1440. The number of aryl methyl sites for hydroxylation is 1. The van der Waals surface area contributed by atoms with Crippen molar-refractivity contribution in [1.29, 1.82) is 0 Å². The SMILES string of the molecule is CCOc1ccc(-n2c(C)cc(C=Nn3c(C(C)(C)C)nc4ccc(Br)cc4c3=O)c2C)cc1. The van der Waals surface area contributed by atoms with Gasteiger partial charge in [-0.05, 0) is 69.3 Å². The molecule has 0 aliphatic rings. The second kappa shape index (κ2) is 9.22. The Morgan fingerprint density at radius 3 is 2.44 bits per heavy atom. The maximum absolute atomic E-state index is 13.4. The van der Waals surface area contributed by atoms with Crippen molar-refractivity contribution >= 4 is 33.0 Å². The molecule has 0 spiro atoms. The van der Waals surface area contributed by atoms with E-state index in [-0.39, 0.29) is 11.0 Å². The maximum Gasteiger partial charge on any atom is 0.282 e. The van der Waals surface area contributed by atoms with Crippen molar-refractivity contribution in [2.45, 2.75) is 47.0 Å². The lowest BCUT2D eigenvalue weighted by Gasteiger charge is -2.20. The summed E-state index contributed by atoms with van der Waals surface area (Å²) >= 11 is 3.46. The second-order valence-corrected chi connectivity index (χ2v) is 10.2. The molecule has 6 nitrogen and oxygen atoms in total. The van der Waals surface area contributed by atoms with Crippen LogP contribution in [0.3, 0.4) is 0 Å². The first kappa shape index (κ1) is 24.0. The smallest absolute Gasteiger partial charge is 0.282 e. The fraction of sp³-hybridized carbons (Fsp3) is 0.296. The van der Waals surface area contributed by atoms with E-state index in [4.69, 9.17) is 9.72 Å². The van der Waals surface area contributed by atoms with Crippen LogP contribution in [0.5, 0.6) is 5.75 Å². The van der Waals surface area contributed by atoms with Crippen LogP contribution in [0.1, 0.15) is 50.5 Å². The Balaban J connectivity index is 1.80. The Hall–Kier alpha value is -3.19. The third-order valence-electron chi connectivity index (χ3n) is 5.67. The second-order valence-electron chi connectivity index (χ2n) is 9.30. The van der Waals surface area contributed by atoms with Crippen LogP contribution >= 0.6 is 15.9 Å². The molecule has 0 radical (unpaired) electrons. The van der Waals surface area contributed by atoms with Crippen molar-refractivity contribution in [3.05, 3.63) is 86.1 Å². The van der Waals surface area contributed by atoms with Crippen LogP contribution in [-0.4, -0.2) is 27.0 Å². The first-order valence-corrected chi connectivity index (χ1v) is 12.1. The van der Waals surface area contributed by atoms with Gasteiger partial charge < -0.3 is 9.30 Å². The maximum atomic E-state index is 13.4. The molecule has 2 heterocycles. The molecule has 0 saturated heterocycles. The Morgan fingerprint density at radius 1 is 1.09 bits per heavy atom. The van der Waals surface area contributed by atoms with Gasteiger partial charge in [0, 0.05) is 32.5 Å². The Labute approximate surface area is 208 Å². The van der Waals surface area contributed by atoms with Gasteiger partial charge in [-0.2, -0.15) is 9.78 Å². The number of benzene rings is 2. The number of ether oxygens (including phenoxy) is 1. The molecule has 0 aliphatic heterocycles. The predicted molar refractivity (Wildman–Crippen MR) is 142 cm³/mol. The van der Waals surface area contributed by atoms with E-state index >= 15 is 0 Å². The molecule has 34 heavy (non-hydrogen) atoms. The van der Waals surface area contributed by atoms with Gasteiger partial charge in [0.15, 0.2) is 0 Å². The van der Waals surface area contributed by atoms with Crippen molar-refractivity contribution in [3.8, 4) is 11.4 Å². The van der Waals surface area contributed by atoms with Gasteiger partial charge in [-0.3, -0.25) is 4.79 Å². The number of nitrogens with zero attached hydrogens (tertiary/aromatic N) is 4. The lowest BCUT2D eigenvalue weighted by Crippen LogP contribution is -2.29. The highest BCUT2D eigenvalue weighted by Crippen LogP contribution is 2.24. The first-order valence-electron chi connectivity index (χ1n) is 11.3. The number of hydrogen-bond donors (Lipinski definition) is 0. The first-order chi connectivity index (χ1) is 16.1. The molecular formula is C27H29BrN4O2. The van der Waals surface area contributed by atoms with Gasteiger partial charge in [0.25, 0.3) is 5.56 Å². The fourth-order valence-electron chi connectivity index (χ4n) is 4.03. The standard InChI is InChI=1S/C27H29BrN4O2/c1-7-34-22-11-9-21(10-12-22)31-17(2)14-19(18(31)3)16-29-32-25(33)23-15-20(28)8-13-24(23)30-26(32)27(4,5)6/h8-16H,7H2,1-6H3. The van der Waals surface area contributed by atoms with E-state index < -0.39 is 0 Å². The van der Waals surface area contributed by atoms with Crippen molar-refractivity contribution in [3.63, 3.8) is 0 Å². The van der Waals surface area contributed by atoms with Gasteiger partial charge in [-0.25, -0.2) is 4.98 Å². The van der Waals surface area contributed by atoms with E-state index in [1.165, 1.54) is 4.68 Å². The summed E-state index contributed by atoms with van der Waals surface area (Å²) < 4.78 is 9.99. The van der Waals surface area contributed by atoms with Gasteiger partial charge in [-0.15, -0.1) is 0 Å². The number of hydrogen-bond acceptors (Lipinski definition) is 4. The normalized spacial score (nSPS) is 12.1. The van der Waals surface area contributed by atoms with Crippen LogP contribution in [0.25, 0.3) is 16.6 Å². The molecule has 4 aromatic rings. The molecule has 7 heteroatoms. The minimum atomic E-state index is -0.364. The molecule has 0 bridgehead atoms. The number of fused-ring (bicyclic) bond motifs is 1. The van der Waals surface area contributed by atoms with E-state index in [0.717, 1.165) is 32.9 Å². The third kappa shape index (κ3) is 4.57. The summed E-state index contributed by atoms with van der Waals surface area (Å²) in [6.07, 6.45) is 1.75. The average molecular weight is 521 g/mol. The van der Waals surface area contributed by atoms with E-state index in [9.17, 15) is 4.79 Å². The summed E-state index contributed by atoms with van der Waals surface area (Å²) in [5.74, 6) is 1.46. The zero-order valence-electron chi connectivity index (χ0n) is 20.4. The zero-order valence-corrected chi connectivity index (χ0v) is 22.0. The van der Waals surface area contributed by atoms with Crippen LogP contribution in [0, 0.1) is 13.8 Å². The summed E-state index contributed by atoms with van der Waals surface area (Å²) in [4.78, 5) is 18.2. The van der Waals surface area contributed by atoms with Crippen LogP contribution in [-0.2, 0) is 5.41 Å². The van der Waals surface area contributed by atoms with Crippen LogP contribution in [0.4, 0.5) is 0 Å². The molecule has 0 saturated carbocycles. The largest absolute Gasteiger partial charge is 0.494 e. The van der Waals surface area contributed by atoms with Crippen LogP contribution in [0.2, 0.25) is 0 Å². The molecular weight excluding hydrogens is 492 g/mol. The zero-order chi connectivity index (χ0) is 24.6. The van der Waals surface area contributed by atoms with Crippen LogP contribution in [0.15, 0.2) is 62.9 Å². The summed E-state index contributed by atoms with van der Waals surface area (Å²) in [7, 11) is 0. The molecule has 0 fully saturated rings. The quantitative estimate of drug-likeness (QED) is 0.296. The van der Waals surface area contributed by atoms with E-state index in [2.05, 4.69) is 38.6 Å². The molecule has 0 aliphatic carbocycles. The summed E-state index contributed by atoms with van der Waals surface area (Å²) in [5.41, 5.74) is 4.21. The van der Waals surface area contributed by atoms with Crippen molar-refractivity contribution in [2.24, 2.45) is 5.10 Å². The highest BCUT2D eigenvalue weighted by Gasteiger charge is 2.23. The van der Waals surface area contributed by atoms with E-state index in [1.54, 1.807) is 12.3 Å². The molecule has 2 aromatic carbocycles. The molecule has 2 aromatic heterocycles. The molecule has 4 rings (SSSR count). The predicted octanol–water partition coefficient (Wildman–Crippen LogP) is 6.14. The molecule has 0 unspecified atom stereocenters. The summed E-state index contributed by atoms with van der Waals surface area (Å²) in [6.45, 7) is 12.8. The highest BCUT2D eigenvalue weighted by molar-refractivity contribution is 9.10. The van der Waals surface area contributed by atoms with Gasteiger partial charge in [0.05, 0.1) is 23.7 Å². The van der Waals surface area contributed by atoms with Gasteiger partial charge >= 0.3 is 0 Å². The van der Waals surface area contributed by atoms with E-state index in [0.29, 0.717) is 23.3 Å². The Morgan fingerprint density at radius 2 is 1.79 bits per heavy atom. The van der Waals surface area contributed by atoms with Crippen LogP contribution < -0.4 is 10.3 Å². The molecule has 176 valence electrons. The summed E-state index contributed by atoms with van der Waals surface area (Å²) in [5, 5.41) is 5.16. The van der Waals surface area contributed by atoms with Crippen molar-refractivity contribution in [2.75, 3.05) is 6.61 Å². The van der Waals surface area contributed by atoms with E-state index in [1.807, 2.05) is 71.0 Å². The lowest BCUT2D eigenvalue weighted by atomic mass is 9.95. The van der Waals surface area contributed by atoms with Crippen molar-refractivity contribution in [1.82, 2.24) is 14.2 Å². The summed E-state index contributed by atoms with van der Waals surface area (Å²) in [6, 6.07) is 15.6. The van der Waals surface area contributed by atoms with Gasteiger partial charge in [0.1, 0.15) is 11.6 Å². The molecule has 0 N–H and O–H groups in total. The Kier molecular flexibility index (Phi) is 6.49. The fourth-order valence-corrected chi connectivity index (χ4v) is 4.40. The van der Waals surface area contributed by atoms with Gasteiger partial charge in [-0.1, -0.05) is 36.7 Å². The number of rotatable bonds is 5. The van der Waals surface area contributed by atoms with Gasteiger partial charge in [0.2, 0.25) is 0 Å². The topological polar surface area (TPSA) is 61.4 Å². The number of aromatic nitrogens is 3. The minimum absolute atomic E-state index is 0.187. The lowest BCUT2D eigenvalue weighted by molar-refractivity contribution is 0.340. The monoisotopic (exact) mass is 520 g/mol.